The fraction of sp³-hybridized carbons (Fsp3) is 0.278. The Morgan fingerprint density at radius 1 is 1.17 bits per heavy atom. The van der Waals surface area contributed by atoms with Gasteiger partial charge in [0.15, 0.2) is 0 Å². The fourth-order valence-corrected chi connectivity index (χ4v) is 4.90. The van der Waals surface area contributed by atoms with Gasteiger partial charge in [0.05, 0.1) is 16.5 Å². The van der Waals surface area contributed by atoms with Crippen LogP contribution in [0.4, 0.5) is 0 Å². The second kappa shape index (κ2) is 6.36. The highest BCUT2D eigenvalue weighted by Crippen LogP contribution is 2.31. The molecule has 1 fully saturated rings. The van der Waals surface area contributed by atoms with Crippen molar-refractivity contribution >= 4 is 10.0 Å². The summed E-state index contributed by atoms with van der Waals surface area (Å²) in [6, 6.07) is 16.2. The van der Waals surface area contributed by atoms with E-state index in [-0.39, 0.29) is 16.9 Å². The molecule has 24 heavy (non-hydrogen) atoms. The lowest BCUT2D eigenvalue weighted by Gasteiger charge is -2.18. The number of sulfonamides is 1. The van der Waals surface area contributed by atoms with Gasteiger partial charge in [-0.2, -0.15) is 9.57 Å². The molecule has 0 radical (unpaired) electrons. The molecule has 2 aromatic rings. The van der Waals surface area contributed by atoms with E-state index in [2.05, 4.69) is 0 Å². The van der Waals surface area contributed by atoms with E-state index in [1.54, 1.807) is 13.0 Å². The Hall–Kier alpha value is -2.20. The maximum absolute atomic E-state index is 13.0. The van der Waals surface area contributed by atoms with Gasteiger partial charge >= 0.3 is 0 Å². The predicted molar refractivity (Wildman–Crippen MR) is 91.8 cm³/mol. The third kappa shape index (κ3) is 2.94. The highest BCUT2D eigenvalue weighted by atomic mass is 32.2. The first-order valence-electron chi connectivity index (χ1n) is 7.75. The molecule has 0 aliphatic carbocycles. The minimum atomic E-state index is -3.62. The summed E-state index contributed by atoms with van der Waals surface area (Å²) in [6.07, 6.45) is 0. The summed E-state index contributed by atoms with van der Waals surface area (Å²) >= 11 is 0. The molecule has 2 atom stereocenters. The van der Waals surface area contributed by atoms with Crippen LogP contribution >= 0.6 is 0 Å². The molecule has 5 nitrogen and oxygen atoms in total. The first-order chi connectivity index (χ1) is 11.4. The minimum absolute atomic E-state index is 0.0142. The number of rotatable bonds is 3. The first kappa shape index (κ1) is 16.7. The summed E-state index contributed by atoms with van der Waals surface area (Å²) in [5.74, 6) is -0.0142. The van der Waals surface area contributed by atoms with Crippen LogP contribution in [0.5, 0.6) is 0 Å². The Labute approximate surface area is 142 Å². The Morgan fingerprint density at radius 2 is 1.88 bits per heavy atom. The van der Waals surface area contributed by atoms with Crippen LogP contribution in [-0.2, 0) is 10.0 Å². The smallest absolute Gasteiger partial charge is 0.243 e. The van der Waals surface area contributed by atoms with Crippen molar-refractivity contribution in [3.05, 3.63) is 65.2 Å². The maximum Gasteiger partial charge on any atom is 0.243 e. The molecule has 124 valence electrons. The largest absolute Gasteiger partial charge is 0.326 e. The molecule has 0 amide bonds. The number of hydrogen-bond acceptors (Lipinski definition) is 4. The minimum Gasteiger partial charge on any atom is -0.326 e. The van der Waals surface area contributed by atoms with Crippen molar-refractivity contribution in [1.29, 1.82) is 5.26 Å². The van der Waals surface area contributed by atoms with Crippen LogP contribution in [0.2, 0.25) is 0 Å². The summed E-state index contributed by atoms with van der Waals surface area (Å²) in [5, 5.41) is 8.94. The summed E-state index contributed by atoms with van der Waals surface area (Å²) in [5.41, 5.74) is 8.29. The van der Waals surface area contributed by atoms with E-state index in [0.717, 1.165) is 5.56 Å². The third-order valence-corrected chi connectivity index (χ3v) is 6.47. The number of benzene rings is 2. The van der Waals surface area contributed by atoms with E-state index < -0.39 is 10.0 Å². The highest BCUT2D eigenvalue weighted by molar-refractivity contribution is 7.89. The molecule has 2 aromatic carbocycles. The van der Waals surface area contributed by atoms with Gasteiger partial charge in [-0.1, -0.05) is 30.3 Å². The molecular weight excluding hydrogens is 322 g/mol. The van der Waals surface area contributed by atoms with Crippen LogP contribution in [0.3, 0.4) is 0 Å². The summed E-state index contributed by atoms with van der Waals surface area (Å²) in [4.78, 5) is 0.238. The number of hydrogen-bond donors (Lipinski definition) is 1. The van der Waals surface area contributed by atoms with Crippen LogP contribution in [-0.4, -0.2) is 31.9 Å². The molecular formula is C18H19N3O2S. The summed E-state index contributed by atoms with van der Waals surface area (Å²) < 4.78 is 27.4. The molecule has 0 unspecified atom stereocenters. The predicted octanol–water partition coefficient (Wildman–Crippen LogP) is 1.98. The van der Waals surface area contributed by atoms with E-state index in [0.29, 0.717) is 24.2 Å². The van der Waals surface area contributed by atoms with Crippen LogP contribution in [0, 0.1) is 18.3 Å². The zero-order valence-electron chi connectivity index (χ0n) is 13.4. The number of nitrogens with two attached hydrogens (primary N) is 1. The summed E-state index contributed by atoms with van der Waals surface area (Å²) in [7, 11) is -3.62. The molecule has 0 saturated carbocycles. The van der Waals surface area contributed by atoms with Gasteiger partial charge in [-0.25, -0.2) is 8.42 Å². The average Bonchev–Trinajstić information content (AvgIpc) is 2.98. The highest BCUT2D eigenvalue weighted by Gasteiger charge is 2.38. The third-order valence-electron chi connectivity index (χ3n) is 4.48. The zero-order valence-corrected chi connectivity index (χ0v) is 14.2. The van der Waals surface area contributed by atoms with Crippen molar-refractivity contribution in [3.8, 4) is 6.07 Å². The van der Waals surface area contributed by atoms with Gasteiger partial charge in [0.2, 0.25) is 10.0 Å². The van der Waals surface area contributed by atoms with Gasteiger partial charge in [0.25, 0.3) is 0 Å². The monoisotopic (exact) mass is 341 g/mol. The van der Waals surface area contributed by atoms with Gasteiger partial charge in [-0.15, -0.1) is 0 Å². The van der Waals surface area contributed by atoms with Crippen LogP contribution in [0.15, 0.2) is 53.4 Å². The van der Waals surface area contributed by atoms with Crippen molar-refractivity contribution < 1.29 is 8.42 Å². The number of aryl methyl sites for hydroxylation is 1. The molecule has 0 bridgehead atoms. The van der Waals surface area contributed by atoms with E-state index >= 15 is 0 Å². The molecule has 1 aliphatic rings. The average molecular weight is 341 g/mol. The fourth-order valence-electron chi connectivity index (χ4n) is 3.19. The lowest BCUT2D eigenvalue weighted by atomic mass is 9.95. The molecule has 1 saturated heterocycles. The topological polar surface area (TPSA) is 87.2 Å². The Morgan fingerprint density at radius 3 is 2.50 bits per heavy atom. The molecule has 0 spiro atoms. The quantitative estimate of drug-likeness (QED) is 0.925. The van der Waals surface area contributed by atoms with Gasteiger partial charge < -0.3 is 5.73 Å². The molecule has 0 aromatic heterocycles. The normalized spacial score (nSPS) is 21.5. The van der Waals surface area contributed by atoms with Crippen LogP contribution in [0.1, 0.15) is 22.6 Å². The number of nitriles is 1. The maximum atomic E-state index is 13.0. The standard InChI is InChI=1S/C18H19N3O2S/c1-13-9-14(10-19)7-8-18(13)24(22,23)21-11-16(17(20)12-21)15-5-3-2-4-6-15/h2-9,16-17H,11-12,20H2,1H3/t16-,17+/m0/s1. The lowest BCUT2D eigenvalue weighted by molar-refractivity contribution is 0.469. The van der Waals surface area contributed by atoms with E-state index in [1.165, 1.54) is 16.4 Å². The molecule has 1 heterocycles. The van der Waals surface area contributed by atoms with Gasteiger partial charge in [-0.3, -0.25) is 0 Å². The second-order valence-corrected chi connectivity index (χ2v) is 8.00. The van der Waals surface area contributed by atoms with Crippen molar-refractivity contribution in [3.63, 3.8) is 0 Å². The molecule has 1 aliphatic heterocycles. The van der Waals surface area contributed by atoms with Crippen LogP contribution < -0.4 is 5.73 Å². The molecule has 3 rings (SSSR count). The SMILES string of the molecule is Cc1cc(C#N)ccc1S(=O)(=O)N1C[C@@H](N)[C@H](c2ccccc2)C1. The van der Waals surface area contributed by atoms with E-state index in [1.807, 2.05) is 36.4 Å². The lowest BCUT2D eigenvalue weighted by Crippen LogP contribution is -2.32. The van der Waals surface area contributed by atoms with Crippen molar-refractivity contribution in [2.24, 2.45) is 5.73 Å². The van der Waals surface area contributed by atoms with Crippen molar-refractivity contribution in [2.75, 3.05) is 13.1 Å². The first-order valence-corrected chi connectivity index (χ1v) is 9.19. The zero-order chi connectivity index (χ0) is 17.3. The van der Waals surface area contributed by atoms with Crippen molar-refractivity contribution in [1.82, 2.24) is 4.31 Å². The molecule has 6 heteroatoms. The van der Waals surface area contributed by atoms with Gasteiger partial charge in [-0.05, 0) is 36.2 Å². The Kier molecular flexibility index (Phi) is 4.41. The summed E-state index contributed by atoms with van der Waals surface area (Å²) in [6.45, 7) is 2.37. The van der Waals surface area contributed by atoms with E-state index in [9.17, 15) is 8.42 Å². The van der Waals surface area contributed by atoms with Gasteiger partial charge in [0, 0.05) is 25.0 Å². The Bertz CT molecular complexity index is 888. The van der Waals surface area contributed by atoms with E-state index in [4.69, 9.17) is 11.0 Å². The van der Waals surface area contributed by atoms with Gasteiger partial charge in [0.1, 0.15) is 0 Å². The Balaban J connectivity index is 1.91. The van der Waals surface area contributed by atoms with Crippen LogP contribution in [0.25, 0.3) is 0 Å². The molecule has 2 N–H and O–H groups in total. The second-order valence-electron chi connectivity index (χ2n) is 6.10. The number of nitrogens with zero attached hydrogens (tertiary/aromatic N) is 2. The van der Waals surface area contributed by atoms with Crippen molar-refractivity contribution in [2.45, 2.75) is 23.8 Å².